The molecule has 2 heterocycles. The lowest BCUT2D eigenvalue weighted by atomic mass is 10.2. The summed E-state index contributed by atoms with van der Waals surface area (Å²) < 4.78 is 6.21. The number of aromatic nitrogens is 3. The third kappa shape index (κ3) is 1.44. The summed E-state index contributed by atoms with van der Waals surface area (Å²) >= 11 is 0. The van der Waals surface area contributed by atoms with E-state index in [1.54, 1.807) is 31.6 Å². The van der Waals surface area contributed by atoms with E-state index in [4.69, 9.17) is 4.74 Å². The van der Waals surface area contributed by atoms with Gasteiger partial charge in [0.25, 0.3) is 0 Å². The van der Waals surface area contributed by atoms with Crippen LogP contribution in [-0.2, 0) is 4.74 Å². The Hall–Kier alpha value is -1.91. The molecule has 0 aliphatic carbocycles. The number of carbonyl (C=O) groups excluding carboxylic acids is 1. The Morgan fingerprint density at radius 3 is 3.29 bits per heavy atom. The second-order valence-electron chi connectivity index (χ2n) is 2.74. The van der Waals surface area contributed by atoms with Gasteiger partial charge in [0, 0.05) is 18.0 Å². The first kappa shape index (κ1) is 8.68. The number of carbonyl (C=O) groups is 1. The van der Waals surface area contributed by atoms with Gasteiger partial charge in [-0.15, -0.1) is 0 Å². The fourth-order valence-corrected chi connectivity index (χ4v) is 1.16. The van der Waals surface area contributed by atoms with Crippen molar-refractivity contribution >= 4 is 6.09 Å². The van der Waals surface area contributed by atoms with E-state index in [9.17, 15) is 4.79 Å². The molecular formula is C9H9N3O2. The van der Waals surface area contributed by atoms with Crippen molar-refractivity contribution in [3.8, 4) is 11.3 Å². The van der Waals surface area contributed by atoms with E-state index < -0.39 is 6.09 Å². The average Bonchev–Trinajstić information content (AvgIpc) is 2.64. The van der Waals surface area contributed by atoms with Gasteiger partial charge in [-0.2, -0.15) is 10.2 Å². The first-order valence-corrected chi connectivity index (χ1v) is 4.28. The van der Waals surface area contributed by atoms with Crippen LogP contribution in [0.1, 0.15) is 6.92 Å². The topological polar surface area (TPSA) is 57.0 Å². The molecule has 5 heteroatoms. The zero-order valence-electron chi connectivity index (χ0n) is 7.67. The van der Waals surface area contributed by atoms with E-state index in [1.165, 1.54) is 4.57 Å². The van der Waals surface area contributed by atoms with Gasteiger partial charge < -0.3 is 4.74 Å². The second kappa shape index (κ2) is 3.45. The second-order valence-corrected chi connectivity index (χ2v) is 2.74. The maximum atomic E-state index is 11.3. The summed E-state index contributed by atoms with van der Waals surface area (Å²) in [5.41, 5.74) is 1.59. The quantitative estimate of drug-likeness (QED) is 0.683. The Bertz CT molecular complexity index is 424. The molecule has 2 aliphatic rings. The molecule has 0 atom stereocenters. The standard InChI is InChI=1S/C9H9N3O2/c1-2-14-9(13)12-4-3-8-7(6-12)5-10-11-8/h3-6H,2H2,1H3. The van der Waals surface area contributed by atoms with Crippen molar-refractivity contribution in [2.24, 2.45) is 0 Å². The van der Waals surface area contributed by atoms with E-state index in [2.05, 4.69) is 10.2 Å². The Morgan fingerprint density at radius 2 is 2.50 bits per heavy atom. The lowest BCUT2D eigenvalue weighted by Crippen LogP contribution is -2.13. The van der Waals surface area contributed by atoms with Crippen LogP contribution in [0, 0.1) is 0 Å². The van der Waals surface area contributed by atoms with Crippen molar-refractivity contribution in [2.75, 3.05) is 6.61 Å². The molecule has 0 fully saturated rings. The lowest BCUT2D eigenvalue weighted by molar-refractivity contribution is 0.154. The molecule has 5 nitrogen and oxygen atoms in total. The van der Waals surface area contributed by atoms with Crippen molar-refractivity contribution < 1.29 is 9.53 Å². The summed E-state index contributed by atoms with van der Waals surface area (Å²) in [5, 5.41) is 7.58. The smallest absolute Gasteiger partial charge is 0.417 e. The van der Waals surface area contributed by atoms with E-state index >= 15 is 0 Å². The molecule has 0 aromatic heterocycles. The molecule has 0 N–H and O–H groups in total. The number of nitrogens with zero attached hydrogens (tertiary/aromatic N) is 3. The number of hydrogen-bond acceptors (Lipinski definition) is 4. The van der Waals surface area contributed by atoms with Crippen LogP contribution in [0.4, 0.5) is 4.79 Å². The van der Waals surface area contributed by atoms with Gasteiger partial charge in [0.05, 0.1) is 18.5 Å². The van der Waals surface area contributed by atoms with Crippen LogP contribution in [0.5, 0.6) is 0 Å². The zero-order valence-corrected chi connectivity index (χ0v) is 7.67. The molecule has 14 heavy (non-hydrogen) atoms. The van der Waals surface area contributed by atoms with Crippen molar-refractivity contribution in [3.05, 3.63) is 24.7 Å². The predicted octanol–water partition coefficient (Wildman–Crippen LogP) is 1.39. The normalized spacial score (nSPS) is 10.4. The van der Waals surface area contributed by atoms with Crippen LogP contribution in [0.3, 0.4) is 0 Å². The Labute approximate surface area is 80.7 Å². The maximum absolute atomic E-state index is 11.3. The molecule has 0 spiro atoms. The molecule has 0 radical (unpaired) electrons. The van der Waals surface area contributed by atoms with Crippen molar-refractivity contribution in [1.29, 1.82) is 0 Å². The zero-order chi connectivity index (χ0) is 9.97. The number of ether oxygens (including phenoxy) is 1. The third-order valence-corrected chi connectivity index (χ3v) is 1.81. The summed E-state index contributed by atoms with van der Waals surface area (Å²) in [6, 6.07) is 1.72. The summed E-state index contributed by atoms with van der Waals surface area (Å²) in [5.74, 6) is 0. The largest absolute Gasteiger partial charge is 0.449 e. The van der Waals surface area contributed by atoms with Crippen LogP contribution in [0.15, 0.2) is 24.7 Å². The Morgan fingerprint density at radius 1 is 1.64 bits per heavy atom. The highest BCUT2D eigenvalue weighted by atomic mass is 16.5. The Kier molecular flexibility index (Phi) is 2.14. The SMILES string of the molecule is CCOC(=O)n1ccc2nncc-2c1. The molecule has 0 bridgehead atoms. The minimum absolute atomic E-state index is 0.362. The fraction of sp³-hybridized carbons (Fsp3) is 0.222. The van der Waals surface area contributed by atoms with Gasteiger partial charge >= 0.3 is 6.09 Å². The van der Waals surface area contributed by atoms with Gasteiger partial charge in [0.1, 0.15) is 0 Å². The molecule has 2 aliphatic heterocycles. The van der Waals surface area contributed by atoms with Crippen LogP contribution in [-0.4, -0.2) is 27.5 Å². The predicted molar refractivity (Wildman–Crippen MR) is 49.1 cm³/mol. The summed E-state index contributed by atoms with van der Waals surface area (Å²) in [6.07, 6.45) is 4.46. The lowest BCUT2D eigenvalue weighted by Gasteiger charge is -2.05. The van der Waals surface area contributed by atoms with Gasteiger partial charge in [0.15, 0.2) is 0 Å². The minimum Gasteiger partial charge on any atom is -0.449 e. The minimum atomic E-state index is -0.393. The Balaban J connectivity index is 2.35. The third-order valence-electron chi connectivity index (χ3n) is 1.81. The van der Waals surface area contributed by atoms with E-state index in [1.807, 2.05) is 0 Å². The molecule has 0 aromatic carbocycles. The van der Waals surface area contributed by atoms with Gasteiger partial charge in [-0.05, 0) is 13.0 Å². The summed E-state index contributed by atoms with van der Waals surface area (Å²) in [7, 11) is 0. The monoisotopic (exact) mass is 191 g/mol. The van der Waals surface area contributed by atoms with E-state index in [0.717, 1.165) is 11.3 Å². The number of rotatable bonds is 1. The molecule has 0 amide bonds. The van der Waals surface area contributed by atoms with Gasteiger partial charge in [0.2, 0.25) is 0 Å². The summed E-state index contributed by atoms with van der Waals surface area (Å²) in [4.78, 5) is 11.3. The highest BCUT2D eigenvalue weighted by molar-refractivity contribution is 5.73. The van der Waals surface area contributed by atoms with Crippen molar-refractivity contribution in [3.63, 3.8) is 0 Å². The van der Waals surface area contributed by atoms with Crippen LogP contribution in [0.25, 0.3) is 11.3 Å². The van der Waals surface area contributed by atoms with Gasteiger partial charge in [-0.1, -0.05) is 0 Å². The van der Waals surface area contributed by atoms with E-state index in [0.29, 0.717) is 6.61 Å². The highest BCUT2D eigenvalue weighted by Crippen LogP contribution is 2.16. The van der Waals surface area contributed by atoms with Crippen LogP contribution in [0.2, 0.25) is 0 Å². The molecule has 0 aromatic rings. The van der Waals surface area contributed by atoms with Gasteiger partial charge in [-0.25, -0.2) is 4.79 Å². The molecule has 72 valence electrons. The first-order chi connectivity index (χ1) is 6.81. The average molecular weight is 191 g/mol. The van der Waals surface area contributed by atoms with Crippen LogP contribution >= 0.6 is 0 Å². The van der Waals surface area contributed by atoms with Crippen molar-refractivity contribution in [1.82, 2.24) is 14.8 Å². The fourth-order valence-electron chi connectivity index (χ4n) is 1.16. The van der Waals surface area contributed by atoms with Crippen molar-refractivity contribution in [2.45, 2.75) is 6.92 Å². The number of hydrogen-bond donors (Lipinski definition) is 0. The summed E-state index contributed by atoms with van der Waals surface area (Å²) in [6.45, 7) is 2.13. The number of pyridine rings is 1. The molecule has 0 unspecified atom stereocenters. The van der Waals surface area contributed by atoms with Crippen LogP contribution < -0.4 is 0 Å². The molecule has 2 rings (SSSR count). The van der Waals surface area contributed by atoms with E-state index in [-0.39, 0.29) is 0 Å². The van der Waals surface area contributed by atoms with Gasteiger partial charge in [-0.3, -0.25) is 4.57 Å². The molecule has 0 saturated heterocycles. The molecule has 0 saturated carbocycles. The number of fused-ring (bicyclic) bond motifs is 1. The maximum Gasteiger partial charge on any atom is 0.417 e. The molecular weight excluding hydrogens is 182 g/mol. The highest BCUT2D eigenvalue weighted by Gasteiger charge is 2.08. The first-order valence-electron chi connectivity index (χ1n) is 4.28.